The van der Waals surface area contributed by atoms with Crippen LogP contribution < -0.4 is 0 Å². The standard InChI is InChI=1S/C15H20FIO2/c1-15(11-17,13-7-2-3-8-14(13)16)19-10-12-6-4-5-9-18-12/h2-3,7-8,12H,4-6,9-11H2,1H3. The summed E-state index contributed by atoms with van der Waals surface area (Å²) in [6.45, 7) is 3.29. The van der Waals surface area contributed by atoms with Gasteiger partial charge in [-0.15, -0.1) is 0 Å². The second-order valence-electron chi connectivity index (χ2n) is 5.14. The number of hydrogen-bond acceptors (Lipinski definition) is 2. The van der Waals surface area contributed by atoms with E-state index in [1.165, 1.54) is 12.5 Å². The molecule has 1 aromatic rings. The van der Waals surface area contributed by atoms with Crippen molar-refractivity contribution in [3.63, 3.8) is 0 Å². The van der Waals surface area contributed by atoms with Crippen molar-refractivity contribution in [3.8, 4) is 0 Å². The minimum absolute atomic E-state index is 0.155. The molecule has 4 heteroatoms. The van der Waals surface area contributed by atoms with Gasteiger partial charge in [0.1, 0.15) is 11.4 Å². The summed E-state index contributed by atoms with van der Waals surface area (Å²) in [6, 6.07) is 6.84. The van der Waals surface area contributed by atoms with Crippen LogP contribution in [0.2, 0.25) is 0 Å². The van der Waals surface area contributed by atoms with E-state index in [9.17, 15) is 4.39 Å². The van der Waals surface area contributed by atoms with E-state index < -0.39 is 5.60 Å². The van der Waals surface area contributed by atoms with Crippen LogP contribution in [0.5, 0.6) is 0 Å². The molecule has 106 valence electrons. The predicted molar refractivity (Wildman–Crippen MR) is 82.2 cm³/mol. The molecule has 0 bridgehead atoms. The number of rotatable bonds is 5. The van der Waals surface area contributed by atoms with Gasteiger partial charge in [-0.2, -0.15) is 0 Å². The molecule has 1 saturated heterocycles. The lowest BCUT2D eigenvalue weighted by molar-refractivity contribution is -0.0940. The third-order valence-corrected chi connectivity index (χ3v) is 5.02. The van der Waals surface area contributed by atoms with E-state index in [0.717, 1.165) is 19.4 Å². The molecule has 0 radical (unpaired) electrons. The molecular weight excluding hydrogens is 358 g/mol. The van der Waals surface area contributed by atoms with Gasteiger partial charge in [0.15, 0.2) is 0 Å². The van der Waals surface area contributed by atoms with Gasteiger partial charge >= 0.3 is 0 Å². The highest BCUT2D eigenvalue weighted by Gasteiger charge is 2.30. The summed E-state index contributed by atoms with van der Waals surface area (Å²) in [5.41, 5.74) is 0.0346. The molecule has 2 unspecified atom stereocenters. The van der Waals surface area contributed by atoms with Crippen molar-refractivity contribution in [2.45, 2.75) is 37.9 Å². The molecule has 0 spiro atoms. The quantitative estimate of drug-likeness (QED) is 0.568. The maximum atomic E-state index is 13.9. The normalized spacial score (nSPS) is 23.0. The Kier molecular flexibility index (Phi) is 5.59. The minimum Gasteiger partial charge on any atom is -0.376 e. The fourth-order valence-corrected chi connectivity index (χ4v) is 2.93. The number of alkyl halides is 1. The second-order valence-corrected chi connectivity index (χ2v) is 5.91. The van der Waals surface area contributed by atoms with E-state index in [4.69, 9.17) is 9.47 Å². The van der Waals surface area contributed by atoms with Crippen LogP contribution in [-0.4, -0.2) is 23.7 Å². The number of benzene rings is 1. The van der Waals surface area contributed by atoms with Crippen molar-refractivity contribution < 1.29 is 13.9 Å². The van der Waals surface area contributed by atoms with E-state index in [-0.39, 0.29) is 11.9 Å². The molecule has 2 atom stereocenters. The van der Waals surface area contributed by atoms with Crippen LogP contribution in [0.3, 0.4) is 0 Å². The monoisotopic (exact) mass is 378 g/mol. The number of hydrogen-bond donors (Lipinski definition) is 0. The molecule has 2 nitrogen and oxygen atoms in total. The van der Waals surface area contributed by atoms with Crippen LogP contribution in [0.4, 0.5) is 4.39 Å². The van der Waals surface area contributed by atoms with Crippen LogP contribution >= 0.6 is 22.6 Å². The van der Waals surface area contributed by atoms with Gasteiger partial charge in [-0.05, 0) is 32.3 Å². The maximum absolute atomic E-state index is 13.9. The van der Waals surface area contributed by atoms with Crippen molar-refractivity contribution in [2.24, 2.45) is 0 Å². The number of halogens is 2. The Bertz CT molecular complexity index is 407. The van der Waals surface area contributed by atoms with Crippen molar-refractivity contribution in [1.82, 2.24) is 0 Å². The molecule has 0 aliphatic carbocycles. The molecule has 0 saturated carbocycles. The maximum Gasteiger partial charge on any atom is 0.129 e. The Hall–Kier alpha value is -0.200. The molecule has 1 heterocycles. The summed E-state index contributed by atoms with van der Waals surface area (Å²) < 4.78 is 26.3. The lowest BCUT2D eigenvalue weighted by Gasteiger charge is -2.32. The van der Waals surface area contributed by atoms with Crippen LogP contribution in [0.1, 0.15) is 31.7 Å². The lowest BCUT2D eigenvalue weighted by atomic mass is 9.97. The average Bonchev–Trinajstić information content (AvgIpc) is 2.46. The molecule has 0 N–H and O–H groups in total. The third-order valence-electron chi connectivity index (χ3n) is 3.56. The van der Waals surface area contributed by atoms with Crippen LogP contribution in [0, 0.1) is 5.82 Å². The first-order valence-corrected chi connectivity index (χ1v) is 8.25. The molecule has 1 aromatic carbocycles. The van der Waals surface area contributed by atoms with Crippen molar-refractivity contribution in [2.75, 3.05) is 17.6 Å². The van der Waals surface area contributed by atoms with Gasteiger partial charge < -0.3 is 9.47 Å². The zero-order valence-corrected chi connectivity index (χ0v) is 13.4. The topological polar surface area (TPSA) is 18.5 Å². The van der Waals surface area contributed by atoms with Crippen molar-refractivity contribution >= 4 is 22.6 Å². The smallest absolute Gasteiger partial charge is 0.129 e. The highest BCUT2D eigenvalue weighted by Crippen LogP contribution is 2.30. The predicted octanol–water partition coefficient (Wildman–Crippen LogP) is 4.06. The zero-order chi connectivity index (χ0) is 13.7. The zero-order valence-electron chi connectivity index (χ0n) is 11.2. The third kappa shape index (κ3) is 3.89. The average molecular weight is 378 g/mol. The molecular formula is C15H20FIO2. The minimum atomic E-state index is -0.591. The molecule has 1 aliphatic rings. The van der Waals surface area contributed by atoms with E-state index >= 15 is 0 Å². The summed E-state index contributed by atoms with van der Waals surface area (Å²) in [6.07, 6.45) is 3.51. The van der Waals surface area contributed by atoms with Gasteiger partial charge in [0.2, 0.25) is 0 Å². The Labute approximate surface area is 127 Å². The molecule has 2 rings (SSSR count). The molecule has 0 amide bonds. The largest absolute Gasteiger partial charge is 0.376 e. The highest BCUT2D eigenvalue weighted by atomic mass is 127. The summed E-state index contributed by atoms with van der Waals surface area (Å²) in [7, 11) is 0. The molecule has 1 aliphatic heterocycles. The van der Waals surface area contributed by atoms with E-state index in [0.29, 0.717) is 16.6 Å². The van der Waals surface area contributed by atoms with E-state index in [1.807, 2.05) is 13.0 Å². The van der Waals surface area contributed by atoms with Gasteiger partial charge in [0, 0.05) is 16.6 Å². The van der Waals surface area contributed by atoms with Gasteiger partial charge in [-0.25, -0.2) is 4.39 Å². The fraction of sp³-hybridized carbons (Fsp3) is 0.600. The Morgan fingerprint density at radius 3 is 2.84 bits per heavy atom. The molecule has 1 fully saturated rings. The highest BCUT2D eigenvalue weighted by molar-refractivity contribution is 14.1. The lowest BCUT2D eigenvalue weighted by Crippen LogP contribution is -2.34. The van der Waals surface area contributed by atoms with E-state index in [1.54, 1.807) is 12.1 Å². The first kappa shape index (κ1) is 15.2. The van der Waals surface area contributed by atoms with Gasteiger partial charge in [0.25, 0.3) is 0 Å². The summed E-state index contributed by atoms with van der Waals surface area (Å²) in [5.74, 6) is -0.203. The SMILES string of the molecule is CC(CI)(OCC1CCCCO1)c1ccccc1F. The van der Waals surface area contributed by atoms with E-state index in [2.05, 4.69) is 22.6 Å². The summed E-state index contributed by atoms with van der Waals surface area (Å²) in [4.78, 5) is 0. The Morgan fingerprint density at radius 1 is 1.42 bits per heavy atom. The van der Waals surface area contributed by atoms with Gasteiger partial charge in [-0.1, -0.05) is 40.8 Å². The van der Waals surface area contributed by atoms with Gasteiger partial charge in [-0.3, -0.25) is 0 Å². The fourth-order valence-electron chi connectivity index (χ4n) is 2.29. The Morgan fingerprint density at radius 2 is 2.21 bits per heavy atom. The van der Waals surface area contributed by atoms with Gasteiger partial charge in [0.05, 0.1) is 12.7 Å². The van der Waals surface area contributed by atoms with Crippen LogP contribution in [0.25, 0.3) is 0 Å². The number of ether oxygens (including phenoxy) is 2. The van der Waals surface area contributed by atoms with Crippen LogP contribution in [0.15, 0.2) is 24.3 Å². The first-order valence-electron chi connectivity index (χ1n) is 6.72. The Balaban J connectivity index is 2.03. The first-order chi connectivity index (χ1) is 9.15. The molecule has 0 aromatic heterocycles. The summed E-state index contributed by atoms with van der Waals surface area (Å²) in [5, 5.41) is 0. The molecule has 19 heavy (non-hydrogen) atoms. The van der Waals surface area contributed by atoms with Crippen molar-refractivity contribution in [1.29, 1.82) is 0 Å². The summed E-state index contributed by atoms with van der Waals surface area (Å²) >= 11 is 2.25. The van der Waals surface area contributed by atoms with Crippen molar-refractivity contribution in [3.05, 3.63) is 35.6 Å². The van der Waals surface area contributed by atoms with Crippen LogP contribution in [-0.2, 0) is 15.1 Å². The second kappa shape index (κ2) is 6.99.